The van der Waals surface area contributed by atoms with Gasteiger partial charge in [0, 0.05) is 5.54 Å². The summed E-state index contributed by atoms with van der Waals surface area (Å²) in [5.41, 5.74) is 0.927. The summed E-state index contributed by atoms with van der Waals surface area (Å²) >= 11 is 0. The Balaban J connectivity index is 3.68. The number of aryl methyl sites for hydroxylation is 2. The fraction of sp³-hybridized carbons (Fsp3) is 0.643. The summed E-state index contributed by atoms with van der Waals surface area (Å²) in [7, 11) is 1.24. The van der Waals surface area contributed by atoms with Crippen molar-refractivity contribution in [2.45, 2.75) is 98.9 Å². The zero-order valence-corrected chi connectivity index (χ0v) is 24.3. The largest absolute Gasteiger partial charge is 0.468 e. The molecule has 0 saturated heterocycles. The summed E-state index contributed by atoms with van der Waals surface area (Å²) in [6, 6.07) is 3.67. The summed E-state index contributed by atoms with van der Waals surface area (Å²) in [5, 5.41) is 5.34. The molecule has 0 fully saturated rings. The Hall–Kier alpha value is -3.10. The third-order valence-electron chi connectivity index (χ3n) is 6.06. The number of esters is 1. The number of methoxy groups -OCH3 is 1. The number of carbonyl (C=O) groups is 4. The Morgan fingerprint density at radius 1 is 0.973 bits per heavy atom. The van der Waals surface area contributed by atoms with Crippen molar-refractivity contribution in [2.75, 3.05) is 13.7 Å². The Bertz CT molecular complexity index is 960. The maximum Gasteiger partial charge on any atom is 0.408 e. The van der Waals surface area contributed by atoms with Crippen molar-refractivity contribution in [1.82, 2.24) is 15.5 Å². The average molecular weight is 520 g/mol. The third kappa shape index (κ3) is 9.37. The van der Waals surface area contributed by atoms with Gasteiger partial charge in [-0.2, -0.15) is 0 Å². The lowest BCUT2D eigenvalue weighted by Crippen LogP contribution is -2.60. The van der Waals surface area contributed by atoms with Crippen LogP contribution in [-0.2, 0) is 23.9 Å². The first kappa shape index (κ1) is 31.9. The third-order valence-corrected chi connectivity index (χ3v) is 6.06. The highest BCUT2D eigenvalue weighted by Gasteiger charge is 2.44. The number of amides is 3. The number of hydrogen-bond donors (Lipinski definition) is 2. The van der Waals surface area contributed by atoms with Crippen LogP contribution in [0.1, 0.15) is 84.5 Å². The number of hydrogen-bond acceptors (Lipinski definition) is 6. The lowest BCUT2D eigenvalue weighted by molar-refractivity contribution is -0.151. The summed E-state index contributed by atoms with van der Waals surface area (Å²) in [6.45, 7) is 18.0. The molecule has 9 nitrogen and oxygen atoms in total. The maximum atomic E-state index is 14.3. The Labute approximate surface area is 221 Å². The zero-order valence-electron chi connectivity index (χ0n) is 24.3. The highest BCUT2D eigenvalue weighted by Crippen LogP contribution is 2.33. The number of nitrogens with zero attached hydrogens (tertiary/aromatic N) is 1. The van der Waals surface area contributed by atoms with E-state index in [1.165, 1.54) is 12.0 Å². The molecule has 0 aromatic heterocycles. The molecule has 2 unspecified atom stereocenters. The number of ether oxygens (including phenoxy) is 2. The normalized spacial score (nSPS) is 13.4. The van der Waals surface area contributed by atoms with Gasteiger partial charge >= 0.3 is 12.1 Å². The minimum atomic E-state index is -1.06. The fourth-order valence-electron chi connectivity index (χ4n) is 3.96. The predicted octanol–water partition coefficient (Wildman–Crippen LogP) is 4.20. The van der Waals surface area contributed by atoms with E-state index in [0.29, 0.717) is 12.0 Å². The lowest BCUT2D eigenvalue weighted by atomic mass is 9.89. The monoisotopic (exact) mass is 519 g/mol. The summed E-state index contributed by atoms with van der Waals surface area (Å²) in [4.78, 5) is 53.9. The second-order valence-electron chi connectivity index (χ2n) is 11.4. The molecule has 1 aromatic carbocycles. The van der Waals surface area contributed by atoms with Crippen LogP contribution in [0.5, 0.6) is 0 Å². The first-order chi connectivity index (χ1) is 16.9. The van der Waals surface area contributed by atoms with Gasteiger partial charge in [-0.05, 0) is 66.4 Å². The number of carbonyl (C=O) groups excluding carboxylic acids is 4. The average Bonchev–Trinajstić information content (AvgIpc) is 2.76. The smallest absolute Gasteiger partial charge is 0.408 e. The molecule has 0 aliphatic rings. The topological polar surface area (TPSA) is 114 Å². The number of alkyl carbamates (subject to hydrolysis) is 1. The summed E-state index contributed by atoms with van der Waals surface area (Å²) in [6.07, 6.45) is -0.186. The van der Waals surface area contributed by atoms with Gasteiger partial charge in [-0.25, -0.2) is 4.79 Å². The molecule has 0 spiro atoms. The molecule has 2 N–H and O–H groups in total. The standard InChI is InChI=1S/C28H45N3O6/c1-12-28(9,10)31(25(34)22(17(2)3)30-26(35)37-27(6,7)8)23(24(33)29-16-21(32)36-11)20-14-18(4)13-19(5)15-20/h13-15,17,22-23H,12,16H2,1-11H3,(H,29,33)(H,30,35). The van der Waals surface area contributed by atoms with Crippen LogP contribution in [0.25, 0.3) is 0 Å². The second-order valence-corrected chi connectivity index (χ2v) is 11.4. The van der Waals surface area contributed by atoms with Gasteiger partial charge in [0.15, 0.2) is 0 Å². The first-order valence-electron chi connectivity index (χ1n) is 12.7. The number of nitrogens with one attached hydrogen (secondary N) is 2. The molecule has 0 aliphatic heterocycles. The van der Waals surface area contributed by atoms with E-state index in [1.54, 1.807) is 20.8 Å². The molecular formula is C28H45N3O6. The van der Waals surface area contributed by atoms with Crippen molar-refractivity contribution in [3.8, 4) is 0 Å². The second kappa shape index (κ2) is 12.9. The van der Waals surface area contributed by atoms with Gasteiger partial charge < -0.3 is 25.0 Å². The van der Waals surface area contributed by atoms with Crippen LogP contribution < -0.4 is 10.6 Å². The van der Waals surface area contributed by atoms with Crippen LogP contribution in [0.2, 0.25) is 0 Å². The van der Waals surface area contributed by atoms with Crippen LogP contribution in [0, 0.1) is 19.8 Å². The number of benzene rings is 1. The SMILES string of the molecule is CCC(C)(C)N(C(=O)C(NC(=O)OC(C)(C)C)C(C)C)C(C(=O)NCC(=O)OC)c1cc(C)cc(C)c1. The molecule has 3 amide bonds. The van der Waals surface area contributed by atoms with E-state index < -0.39 is 47.1 Å². The summed E-state index contributed by atoms with van der Waals surface area (Å²) in [5.74, 6) is -1.85. The van der Waals surface area contributed by atoms with E-state index in [-0.39, 0.29) is 12.5 Å². The van der Waals surface area contributed by atoms with Crippen molar-refractivity contribution < 1.29 is 28.7 Å². The highest BCUT2D eigenvalue weighted by atomic mass is 16.6. The maximum absolute atomic E-state index is 14.3. The molecule has 37 heavy (non-hydrogen) atoms. The molecule has 2 atom stereocenters. The van der Waals surface area contributed by atoms with E-state index >= 15 is 0 Å². The van der Waals surface area contributed by atoms with Crippen LogP contribution in [-0.4, -0.2) is 59.6 Å². The summed E-state index contributed by atoms with van der Waals surface area (Å²) < 4.78 is 10.1. The van der Waals surface area contributed by atoms with Crippen molar-refractivity contribution in [1.29, 1.82) is 0 Å². The van der Waals surface area contributed by atoms with E-state index in [2.05, 4.69) is 15.4 Å². The van der Waals surface area contributed by atoms with Gasteiger partial charge in [-0.3, -0.25) is 14.4 Å². The van der Waals surface area contributed by atoms with Gasteiger partial charge in [0.1, 0.15) is 24.2 Å². The molecule has 1 aromatic rings. The van der Waals surface area contributed by atoms with Crippen LogP contribution >= 0.6 is 0 Å². The van der Waals surface area contributed by atoms with Crippen molar-refractivity contribution in [3.63, 3.8) is 0 Å². The van der Waals surface area contributed by atoms with Gasteiger partial charge in [0.25, 0.3) is 0 Å². The molecular weight excluding hydrogens is 474 g/mol. The number of rotatable bonds is 10. The van der Waals surface area contributed by atoms with Crippen molar-refractivity contribution in [2.24, 2.45) is 5.92 Å². The minimum absolute atomic E-state index is 0.298. The Morgan fingerprint density at radius 3 is 1.95 bits per heavy atom. The van der Waals surface area contributed by atoms with Gasteiger partial charge in [-0.15, -0.1) is 0 Å². The van der Waals surface area contributed by atoms with Crippen LogP contribution in [0.4, 0.5) is 4.79 Å². The van der Waals surface area contributed by atoms with E-state index in [4.69, 9.17) is 4.74 Å². The molecule has 0 radical (unpaired) electrons. The van der Waals surface area contributed by atoms with E-state index in [0.717, 1.165) is 11.1 Å². The predicted molar refractivity (Wildman–Crippen MR) is 143 cm³/mol. The molecule has 0 heterocycles. The van der Waals surface area contributed by atoms with Crippen molar-refractivity contribution >= 4 is 23.9 Å². The molecule has 208 valence electrons. The molecule has 0 saturated carbocycles. The fourth-order valence-corrected chi connectivity index (χ4v) is 3.96. The molecule has 0 aliphatic carbocycles. The van der Waals surface area contributed by atoms with Gasteiger partial charge in [0.05, 0.1) is 7.11 Å². The molecule has 1 rings (SSSR count). The van der Waals surface area contributed by atoms with E-state index in [1.807, 2.05) is 66.7 Å². The zero-order chi connectivity index (χ0) is 28.7. The lowest BCUT2D eigenvalue weighted by Gasteiger charge is -2.45. The molecule has 0 bridgehead atoms. The van der Waals surface area contributed by atoms with E-state index in [9.17, 15) is 19.2 Å². The first-order valence-corrected chi connectivity index (χ1v) is 12.7. The Kier molecular flexibility index (Phi) is 11.2. The van der Waals surface area contributed by atoms with Gasteiger partial charge in [-0.1, -0.05) is 50.1 Å². The van der Waals surface area contributed by atoms with Crippen LogP contribution in [0.15, 0.2) is 18.2 Å². The van der Waals surface area contributed by atoms with Gasteiger partial charge in [0.2, 0.25) is 11.8 Å². The quantitative estimate of drug-likeness (QED) is 0.448. The van der Waals surface area contributed by atoms with Crippen molar-refractivity contribution in [3.05, 3.63) is 34.9 Å². The molecule has 9 heteroatoms. The Morgan fingerprint density at radius 2 is 1.51 bits per heavy atom. The van der Waals surface area contributed by atoms with Crippen LogP contribution in [0.3, 0.4) is 0 Å². The highest BCUT2D eigenvalue weighted by molar-refractivity contribution is 5.93. The minimum Gasteiger partial charge on any atom is -0.468 e.